The van der Waals surface area contributed by atoms with Gasteiger partial charge in [-0.05, 0) is 30.3 Å². The average molecular weight is 384 g/mol. The monoisotopic (exact) mass is 384 g/mol. The van der Waals surface area contributed by atoms with Crippen molar-refractivity contribution in [2.45, 2.75) is 11.1 Å². The van der Waals surface area contributed by atoms with Gasteiger partial charge in [-0.3, -0.25) is 20.4 Å². The Kier molecular flexibility index (Phi) is 6.90. The van der Waals surface area contributed by atoms with Crippen molar-refractivity contribution in [1.29, 1.82) is 0 Å². The molecule has 0 unspecified atom stereocenters. The van der Waals surface area contributed by atoms with E-state index < -0.39 is 30.2 Å². The van der Waals surface area contributed by atoms with E-state index in [-0.39, 0.29) is 11.5 Å². The molecule has 2 aromatic rings. The summed E-state index contributed by atoms with van der Waals surface area (Å²) in [6, 6.07) is 13.4. The molecule has 0 heterocycles. The Morgan fingerprint density at radius 1 is 0.962 bits per heavy atom. The molecule has 2 amide bonds. The first-order valence-corrected chi connectivity index (χ1v) is 8.39. The lowest BCUT2D eigenvalue weighted by molar-refractivity contribution is -0.137. The molecule has 2 aromatic carbocycles. The summed E-state index contributed by atoms with van der Waals surface area (Å²) in [5.74, 6) is -1.12. The predicted octanol–water partition coefficient (Wildman–Crippen LogP) is 3.02. The standard InChI is InChI=1S/C17H15F3N2O3S/c18-17(19,20)12-5-4-6-13(9-12)25-10-15(23)21-22-16(24)11-26-14-7-2-1-3-8-14/h1-9H,10-11H2,(H,21,23)(H,22,24). The van der Waals surface area contributed by atoms with Crippen LogP contribution in [0.5, 0.6) is 5.75 Å². The fourth-order valence-electron chi connectivity index (χ4n) is 1.79. The molecule has 138 valence electrons. The number of benzene rings is 2. The molecule has 0 aliphatic rings. The van der Waals surface area contributed by atoms with Crippen LogP contribution in [0.1, 0.15) is 5.56 Å². The molecule has 0 fully saturated rings. The van der Waals surface area contributed by atoms with E-state index in [4.69, 9.17) is 4.74 Å². The highest BCUT2D eigenvalue weighted by atomic mass is 32.2. The second kappa shape index (κ2) is 9.14. The number of nitrogens with one attached hydrogen (secondary N) is 2. The van der Waals surface area contributed by atoms with E-state index in [0.29, 0.717) is 0 Å². The zero-order chi connectivity index (χ0) is 19.0. The summed E-state index contributed by atoms with van der Waals surface area (Å²) >= 11 is 1.29. The molecule has 0 aliphatic heterocycles. The highest BCUT2D eigenvalue weighted by molar-refractivity contribution is 8.00. The maximum atomic E-state index is 12.6. The number of thioether (sulfide) groups is 1. The van der Waals surface area contributed by atoms with E-state index in [1.165, 1.54) is 23.9 Å². The van der Waals surface area contributed by atoms with Gasteiger partial charge < -0.3 is 4.74 Å². The zero-order valence-corrected chi connectivity index (χ0v) is 14.2. The number of alkyl halides is 3. The number of hydrogen-bond donors (Lipinski definition) is 2. The number of carbonyl (C=O) groups is 2. The highest BCUT2D eigenvalue weighted by Gasteiger charge is 2.30. The van der Waals surface area contributed by atoms with Crippen LogP contribution in [0.4, 0.5) is 13.2 Å². The summed E-state index contributed by atoms with van der Waals surface area (Å²) in [6.07, 6.45) is -4.49. The number of halogens is 3. The molecule has 2 rings (SSSR count). The number of hydrogen-bond acceptors (Lipinski definition) is 4. The van der Waals surface area contributed by atoms with E-state index in [9.17, 15) is 22.8 Å². The molecule has 0 aromatic heterocycles. The van der Waals surface area contributed by atoms with Crippen LogP contribution < -0.4 is 15.6 Å². The maximum Gasteiger partial charge on any atom is 0.416 e. The molecule has 9 heteroatoms. The number of hydrazine groups is 1. The quantitative estimate of drug-likeness (QED) is 0.594. The molecule has 0 atom stereocenters. The summed E-state index contributed by atoms with van der Waals surface area (Å²) in [5.41, 5.74) is 3.47. The number of ether oxygens (including phenoxy) is 1. The van der Waals surface area contributed by atoms with E-state index in [0.717, 1.165) is 17.0 Å². The van der Waals surface area contributed by atoms with Crippen LogP contribution in [0.2, 0.25) is 0 Å². The fraction of sp³-hybridized carbons (Fsp3) is 0.176. The molecule has 0 bridgehead atoms. The Balaban J connectivity index is 1.71. The lowest BCUT2D eigenvalue weighted by atomic mass is 10.2. The molecular weight excluding hydrogens is 369 g/mol. The van der Waals surface area contributed by atoms with Gasteiger partial charge in [-0.15, -0.1) is 11.8 Å². The normalized spacial score (nSPS) is 10.9. The number of rotatable bonds is 6. The van der Waals surface area contributed by atoms with Gasteiger partial charge in [-0.25, -0.2) is 0 Å². The maximum absolute atomic E-state index is 12.6. The van der Waals surface area contributed by atoms with Gasteiger partial charge in [0.1, 0.15) is 5.75 Å². The second-order valence-electron chi connectivity index (χ2n) is 5.01. The first kappa shape index (κ1) is 19.6. The van der Waals surface area contributed by atoms with Crippen molar-refractivity contribution in [2.24, 2.45) is 0 Å². The average Bonchev–Trinajstić information content (AvgIpc) is 2.63. The van der Waals surface area contributed by atoms with Gasteiger partial charge in [0.15, 0.2) is 6.61 Å². The molecule has 0 radical (unpaired) electrons. The summed E-state index contributed by atoms with van der Waals surface area (Å²) in [4.78, 5) is 24.1. The molecule has 26 heavy (non-hydrogen) atoms. The Hall–Kier alpha value is -2.68. The summed E-state index contributed by atoms with van der Waals surface area (Å²) in [5, 5.41) is 0. The third kappa shape index (κ3) is 6.67. The van der Waals surface area contributed by atoms with Crippen LogP contribution in [-0.4, -0.2) is 24.2 Å². The lowest BCUT2D eigenvalue weighted by Gasteiger charge is -2.11. The Morgan fingerprint density at radius 2 is 1.65 bits per heavy atom. The van der Waals surface area contributed by atoms with Crippen LogP contribution in [0, 0.1) is 0 Å². The van der Waals surface area contributed by atoms with Gasteiger partial charge >= 0.3 is 6.18 Å². The summed E-state index contributed by atoms with van der Waals surface area (Å²) < 4.78 is 42.8. The van der Waals surface area contributed by atoms with Crippen LogP contribution in [0.3, 0.4) is 0 Å². The number of carbonyl (C=O) groups excluding carboxylic acids is 2. The molecule has 0 saturated carbocycles. The van der Waals surface area contributed by atoms with E-state index in [2.05, 4.69) is 10.9 Å². The number of amides is 2. The largest absolute Gasteiger partial charge is 0.484 e. The Morgan fingerprint density at radius 3 is 2.35 bits per heavy atom. The summed E-state index contributed by atoms with van der Waals surface area (Å²) in [7, 11) is 0. The van der Waals surface area contributed by atoms with Crippen molar-refractivity contribution in [3.05, 3.63) is 60.2 Å². The fourth-order valence-corrected chi connectivity index (χ4v) is 2.51. The van der Waals surface area contributed by atoms with Gasteiger partial charge in [0.25, 0.3) is 5.91 Å². The van der Waals surface area contributed by atoms with Gasteiger partial charge in [-0.2, -0.15) is 13.2 Å². The second-order valence-corrected chi connectivity index (χ2v) is 6.06. The van der Waals surface area contributed by atoms with E-state index in [1.807, 2.05) is 30.3 Å². The van der Waals surface area contributed by atoms with Gasteiger partial charge in [0, 0.05) is 4.90 Å². The lowest BCUT2D eigenvalue weighted by Crippen LogP contribution is -2.44. The van der Waals surface area contributed by atoms with Crippen LogP contribution in [0.25, 0.3) is 0 Å². The van der Waals surface area contributed by atoms with Crippen molar-refractivity contribution < 1.29 is 27.5 Å². The first-order valence-electron chi connectivity index (χ1n) is 7.40. The predicted molar refractivity (Wildman–Crippen MR) is 90.4 cm³/mol. The van der Waals surface area contributed by atoms with Crippen molar-refractivity contribution in [1.82, 2.24) is 10.9 Å². The van der Waals surface area contributed by atoms with Crippen LogP contribution in [-0.2, 0) is 15.8 Å². The smallest absolute Gasteiger partial charge is 0.416 e. The van der Waals surface area contributed by atoms with Crippen molar-refractivity contribution in [3.8, 4) is 5.75 Å². The minimum Gasteiger partial charge on any atom is -0.484 e. The Bertz CT molecular complexity index is 754. The SMILES string of the molecule is O=C(COc1cccc(C(F)(F)F)c1)NNC(=O)CSc1ccccc1. The van der Waals surface area contributed by atoms with Crippen LogP contribution >= 0.6 is 11.8 Å². The first-order chi connectivity index (χ1) is 12.3. The van der Waals surface area contributed by atoms with Crippen LogP contribution in [0.15, 0.2) is 59.5 Å². The molecule has 0 aliphatic carbocycles. The molecule has 5 nitrogen and oxygen atoms in total. The summed E-state index contributed by atoms with van der Waals surface area (Å²) in [6.45, 7) is -0.534. The van der Waals surface area contributed by atoms with Crippen molar-refractivity contribution in [3.63, 3.8) is 0 Å². The minimum absolute atomic E-state index is 0.0960. The van der Waals surface area contributed by atoms with Crippen molar-refractivity contribution >= 4 is 23.6 Å². The third-order valence-corrected chi connectivity index (χ3v) is 4.00. The van der Waals surface area contributed by atoms with E-state index >= 15 is 0 Å². The molecule has 0 spiro atoms. The van der Waals surface area contributed by atoms with Crippen molar-refractivity contribution in [2.75, 3.05) is 12.4 Å². The Labute approximate surface area is 151 Å². The van der Waals surface area contributed by atoms with Gasteiger partial charge in [-0.1, -0.05) is 24.3 Å². The van der Waals surface area contributed by atoms with E-state index in [1.54, 1.807) is 0 Å². The minimum atomic E-state index is -4.49. The topological polar surface area (TPSA) is 67.4 Å². The highest BCUT2D eigenvalue weighted by Crippen LogP contribution is 2.31. The third-order valence-electron chi connectivity index (χ3n) is 2.99. The zero-order valence-electron chi connectivity index (χ0n) is 13.4. The molecular formula is C17H15F3N2O3S. The molecule has 2 N–H and O–H groups in total. The molecule has 0 saturated heterocycles. The van der Waals surface area contributed by atoms with Gasteiger partial charge in [0.2, 0.25) is 5.91 Å². The van der Waals surface area contributed by atoms with Gasteiger partial charge in [0.05, 0.1) is 11.3 Å².